The van der Waals surface area contributed by atoms with Gasteiger partial charge in [0.2, 0.25) is 5.91 Å². The largest absolute Gasteiger partial charge is 0.495 e. The molecule has 190 valence electrons. The highest BCUT2D eigenvalue weighted by Crippen LogP contribution is 2.30. The maximum Gasteiger partial charge on any atom is 0.271 e. The molecule has 0 aliphatic carbocycles. The first-order valence-electron chi connectivity index (χ1n) is 10.7. The van der Waals surface area contributed by atoms with Gasteiger partial charge in [-0.2, -0.15) is 0 Å². The third-order valence-corrected chi connectivity index (χ3v) is 7.57. The number of nitrogens with one attached hydrogen (secondary N) is 1. The standard InChI is InChI=1S/C24H25N3O7S2/c1-4-34-19-8-5-17(6-9-19)26(36(31,32)21-12-10-20(35-3)11-13-21)16-24(28)25-22-15-18(27(29)30)7-14-23(22)33-2/h5-15H,4,16H2,1-3H3,(H,25,28). The van der Waals surface area contributed by atoms with Crippen LogP contribution in [0.1, 0.15) is 6.92 Å². The minimum absolute atomic E-state index is 0.00918. The number of sulfonamides is 1. The molecule has 0 unspecified atom stereocenters. The molecule has 0 fully saturated rings. The SMILES string of the molecule is CCOc1ccc(N(CC(=O)Nc2cc([N+](=O)[O-])ccc2OC)S(=O)(=O)c2ccc(SC)cc2)cc1. The highest BCUT2D eigenvalue weighted by Gasteiger charge is 2.28. The van der Waals surface area contributed by atoms with Crippen LogP contribution in [0.15, 0.2) is 76.5 Å². The number of methoxy groups -OCH3 is 1. The number of hydrogen-bond donors (Lipinski definition) is 1. The van der Waals surface area contributed by atoms with Crippen molar-refractivity contribution in [1.29, 1.82) is 0 Å². The van der Waals surface area contributed by atoms with Gasteiger partial charge in [-0.3, -0.25) is 19.2 Å². The molecule has 0 aliphatic heterocycles. The fourth-order valence-corrected chi connectivity index (χ4v) is 5.12. The van der Waals surface area contributed by atoms with Crippen LogP contribution in [0.3, 0.4) is 0 Å². The fraction of sp³-hybridized carbons (Fsp3) is 0.208. The third kappa shape index (κ3) is 6.26. The van der Waals surface area contributed by atoms with E-state index in [2.05, 4.69) is 5.32 Å². The molecule has 0 saturated heterocycles. The van der Waals surface area contributed by atoms with Gasteiger partial charge in [0.1, 0.15) is 18.0 Å². The lowest BCUT2D eigenvalue weighted by atomic mass is 10.2. The van der Waals surface area contributed by atoms with E-state index in [4.69, 9.17) is 9.47 Å². The highest BCUT2D eigenvalue weighted by molar-refractivity contribution is 7.98. The van der Waals surface area contributed by atoms with Gasteiger partial charge in [0, 0.05) is 17.0 Å². The summed E-state index contributed by atoms with van der Waals surface area (Å²) in [7, 11) is -2.79. The molecule has 12 heteroatoms. The monoisotopic (exact) mass is 531 g/mol. The molecule has 1 amide bonds. The topological polar surface area (TPSA) is 128 Å². The minimum Gasteiger partial charge on any atom is -0.495 e. The van der Waals surface area contributed by atoms with Crippen LogP contribution in [0.5, 0.6) is 11.5 Å². The summed E-state index contributed by atoms with van der Waals surface area (Å²) in [5.74, 6) is 0.0257. The molecule has 0 spiro atoms. The lowest BCUT2D eigenvalue weighted by Crippen LogP contribution is -2.38. The molecule has 0 atom stereocenters. The number of nitro groups is 1. The first-order valence-corrected chi connectivity index (χ1v) is 13.4. The fourth-order valence-electron chi connectivity index (χ4n) is 3.29. The van der Waals surface area contributed by atoms with Crippen molar-refractivity contribution in [2.45, 2.75) is 16.7 Å². The molecule has 10 nitrogen and oxygen atoms in total. The van der Waals surface area contributed by atoms with Crippen molar-refractivity contribution in [2.75, 3.05) is 36.1 Å². The van der Waals surface area contributed by atoms with E-state index in [1.54, 1.807) is 36.4 Å². The Morgan fingerprint density at radius 2 is 1.75 bits per heavy atom. The lowest BCUT2D eigenvalue weighted by Gasteiger charge is -2.24. The average Bonchev–Trinajstić information content (AvgIpc) is 2.88. The maximum atomic E-state index is 13.6. The van der Waals surface area contributed by atoms with Gasteiger partial charge in [-0.1, -0.05) is 0 Å². The molecule has 0 bridgehead atoms. The Kier molecular flexibility index (Phi) is 8.78. The summed E-state index contributed by atoms with van der Waals surface area (Å²) < 4.78 is 38.8. The molecular weight excluding hydrogens is 506 g/mol. The van der Waals surface area contributed by atoms with E-state index < -0.39 is 27.4 Å². The number of hydrogen-bond acceptors (Lipinski definition) is 8. The molecule has 0 heterocycles. The Morgan fingerprint density at radius 1 is 1.08 bits per heavy atom. The van der Waals surface area contributed by atoms with Gasteiger partial charge in [-0.15, -0.1) is 11.8 Å². The second-order valence-electron chi connectivity index (χ2n) is 7.30. The number of ether oxygens (including phenoxy) is 2. The number of thioether (sulfide) groups is 1. The summed E-state index contributed by atoms with van der Waals surface area (Å²) in [5, 5.41) is 13.7. The Bertz CT molecular complexity index is 1330. The number of benzene rings is 3. The Morgan fingerprint density at radius 3 is 2.31 bits per heavy atom. The highest BCUT2D eigenvalue weighted by atomic mass is 32.2. The van der Waals surface area contributed by atoms with E-state index in [-0.39, 0.29) is 27.7 Å². The van der Waals surface area contributed by atoms with Crippen LogP contribution in [0.4, 0.5) is 17.1 Å². The predicted octanol–water partition coefficient (Wildman–Crippen LogP) is 4.56. The van der Waals surface area contributed by atoms with Crippen LogP contribution in [0.25, 0.3) is 0 Å². The third-order valence-electron chi connectivity index (χ3n) is 5.04. The van der Waals surface area contributed by atoms with E-state index in [9.17, 15) is 23.3 Å². The van der Waals surface area contributed by atoms with Crippen LogP contribution in [0, 0.1) is 10.1 Å². The van der Waals surface area contributed by atoms with Crippen LogP contribution >= 0.6 is 11.8 Å². The summed E-state index contributed by atoms with van der Waals surface area (Å²) in [6.45, 7) is 1.68. The van der Waals surface area contributed by atoms with Crippen LogP contribution in [0.2, 0.25) is 0 Å². The Labute approximate surface area is 213 Å². The van der Waals surface area contributed by atoms with E-state index in [1.807, 2.05) is 13.2 Å². The van der Waals surface area contributed by atoms with E-state index in [1.165, 1.54) is 43.1 Å². The maximum absolute atomic E-state index is 13.6. The van der Waals surface area contributed by atoms with Crippen molar-refractivity contribution in [1.82, 2.24) is 0 Å². The first kappa shape index (κ1) is 26.8. The molecule has 3 rings (SSSR count). The van der Waals surface area contributed by atoms with Crippen molar-refractivity contribution >= 4 is 44.8 Å². The van der Waals surface area contributed by atoms with E-state index in [0.717, 1.165) is 15.3 Å². The molecule has 1 N–H and O–H groups in total. The van der Waals surface area contributed by atoms with Crippen molar-refractivity contribution in [2.24, 2.45) is 0 Å². The summed E-state index contributed by atoms with van der Waals surface area (Å²) in [6.07, 6.45) is 1.88. The van der Waals surface area contributed by atoms with Crippen molar-refractivity contribution < 1.29 is 27.6 Å². The number of nitrogens with zero attached hydrogens (tertiary/aromatic N) is 2. The van der Waals surface area contributed by atoms with Gasteiger partial charge < -0.3 is 14.8 Å². The van der Waals surface area contributed by atoms with Crippen LogP contribution < -0.4 is 19.1 Å². The number of anilines is 2. The second kappa shape index (κ2) is 11.8. The molecule has 3 aromatic rings. The van der Waals surface area contributed by atoms with Crippen molar-refractivity contribution in [3.05, 3.63) is 76.8 Å². The molecule has 0 radical (unpaired) electrons. The smallest absolute Gasteiger partial charge is 0.271 e. The summed E-state index contributed by atoms with van der Waals surface area (Å²) in [4.78, 5) is 24.5. The number of amides is 1. The zero-order chi connectivity index (χ0) is 26.3. The van der Waals surface area contributed by atoms with E-state index >= 15 is 0 Å². The normalized spacial score (nSPS) is 11.0. The zero-order valence-electron chi connectivity index (χ0n) is 19.8. The molecular formula is C24H25N3O7S2. The number of carbonyl (C=O) groups excluding carboxylic acids is 1. The molecule has 36 heavy (non-hydrogen) atoms. The van der Waals surface area contributed by atoms with Gasteiger partial charge in [0.15, 0.2) is 0 Å². The van der Waals surface area contributed by atoms with Crippen molar-refractivity contribution in [3.8, 4) is 11.5 Å². The average molecular weight is 532 g/mol. The Balaban J connectivity index is 1.97. The first-order chi connectivity index (χ1) is 17.2. The van der Waals surface area contributed by atoms with Gasteiger partial charge >= 0.3 is 0 Å². The predicted molar refractivity (Wildman–Crippen MR) is 139 cm³/mol. The molecule has 3 aromatic carbocycles. The van der Waals surface area contributed by atoms with Crippen LogP contribution in [-0.4, -0.2) is 45.8 Å². The number of carbonyl (C=O) groups is 1. The van der Waals surface area contributed by atoms with Crippen molar-refractivity contribution in [3.63, 3.8) is 0 Å². The summed E-state index contributed by atoms with van der Waals surface area (Å²) in [5.41, 5.74) is 0.0367. The quantitative estimate of drug-likeness (QED) is 0.217. The van der Waals surface area contributed by atoms with E-state index in [0.29, 0.717) is 12.4 Å². The molecule has 0 aliphatic rings. The zero-order valence-corrected chi connectivity index (χ0v) is 21.5. The minimum atomic E-state index is -4.15. The number of nitro benzene ring substituents is 1. The van der Waals surface area contributed by atoms with Crippen LogP contribution in [-0.2, 0) is 14.8 Å². The number of non-ortho nitro benzene ring substituents is 1. The van der Waals surface area contributed by atoms with Gasteiger partial charge in [0.25, 0.3) is 15.7 Å². The molecule has 0 aromatic heterocycles. The summed E-state index contributed by atoms with van der Waals surface area (Å²) >= 11 is 1.47. The Hall–Kier alpha value is -3.77. The lowest BCUT2D eigenvalue weighted by molar-refractivity contribution is -0.384. The van der Waals surface area contributed by atoms with Gasteiger partial charge in [0.05, 0.1) is 34.9 Å². The molecule has 0 saturated carbocycles. The number of rotatable bonds is 11. The van der Waals surface area contributed by atoms with Gasteiger partial charge in [-0.05, 0) is 67.8 Å². The second-order valence-corrected chi connectivity index (χ2v) is 10.0. The van der Waals surface area contributed by atoms with Gasteiger partial charge in [-0.25, -0.2) is 8.42 Å². The summed E-state index contributed by atoms with van der Waals surface area (Å²) in [6, 6.07) is 16.4.